The van der Waals surface area contributed by atoms with Crippen molar-refractivity contribution in [3.63, 3.8) is 0 Å². The van der Waals surface area contributed by atoms with Crippen LogP contribution >= 0.6 is 11.3 Å². The van der Waals surface area contributed by atoms with Gasteiger partial charge in [-0.05, 0) is 37.3 Å². The van der Waals surface area contributed by atoms with Crippen molar-refractivity contribution in [2.75, 3.05) is 13.7 Å². The van der Waals surface area contributed by atoms with Crippen LogP contribution in [-0.2, 0) is 0 Å². The fourth-order valence-corrected chi connectivity index (χ4v) is 2.74. The van der Waals surface area contributed by atoms with Crippen LogP contribution in [0.1, 0.15) is 37.1 Å². The molecule has 0 saturated heterocycles. The minimum absolute atomic E-state index is 0.417. The number of thiophene rings is 1. The Bertz CT molecular complexity index is 309. The molecule has 0 aromatic carbocycles. The molecule has 0 aliphatic rings. The van der Waals surface area contributed by atoms with Gasteiger partial charge in [-0.15, -0.1) is 17.9 Å². The Balaban J connectivity index is 2.64. The number of ether oxygens (including phenoxy) is 1. The van der Waals surface area contributed by atoms with E-state index in [1.165, 1.54) is 11.3 Å². The lowest BCUT2D eigenvalue weighted by atomic mass is 10.1. The molecule has 1 heterocycles. The highest BCUT2D eigenvalue weighted by Gasteiger charge is 2.15. The zero-order chi connectivity index (χ0) is 11.8. The number of hydrogen-bond acceptors (Lipinski definition) is 3. The third-order valence-electron chi connectivity index (χ3n) is 2.55. The first-order valence-corrected chi connectivity index (χ1v) is 6.67. The molecule has 0 spiro atoms. The first-order valence-electron chi connectivity index (χ1n) is 5.79. The van der Waals surface area contributed by atoms with E-state index in [9.17, 15) is 0 Å². The van der Waals surface area contributed by atoms with Gasteiger partial charge in [-0.3, -0.25) is 0 Å². The van der Waals surface area contributed by atoms with Gasteiger partial charge in [0.2, 0.25) is 0 Å². The van der Waals surface area contributed by atoms with E-state index in [-0.39, 0.29) is 0 Å². The molecular formula is C13H21NOS. The van der Waals surface area contributed by atoms with Gasteiger partial charge in [-0.2, -0.15) is 0 Å². The Labute approximate surface area is 102 Å². The highest BCUT2D eigenvalue weighted by Crippen LogP contribution is 2.33. The maximum atomic E-state index is 5.37. The SMILES string of the molecule is C=CCCCC(NCC)c1sccc1OC. The van der Waals surface area contributed by atoms with E-state index in [1.807, 2.05) is 12.1 Å². The van der Waals surface area contributed by atoms with Crippen LogP contribution in [0.2, 0.25) is 0 Å². The zero-order valence-corrected chi connectivity index (χ0v) is 11.0. The Morgan fingerprint density at radius 3 is 3.06 bits per heavy atom. The van der Waals surface area contributed by atoms with E-state index in [4.69, 9.17) is 4.74 Å². The van der Waals surface area contributed by atoms with E-state index in [2.05, 4.69) is 24.2 Å². The number of nitrogens with one attached hydrogen (secondary N) is 1. The van der Waals surface area contributed by atoms with Crippen LogP contribution < -0.4 is 10.1 Å². The van der Waals surface area contributed by atoms with Crippen LogP contribution in [0.25, 0.3) is 0 Å². The lowest BCUT2D eigenvalue weighted by molar-refractivity contribution is 0.399. The third-order valence-corrected chi connectivity index (χ3v) is 3.56. The van der Waals surface area contributed by atoms with E-state index in [1.54, 1.807) is 18.4 Å². The molecule has 2 nitrogen and oxygen atoms in total. The highest BCUT2D eigenvalue weighted by atomic mass is 32.1. The average molecular weight is 239 g/mol. The monoisotopic (exact) mass is 239 g/mol. The van der Waals surface area contributed by atoms with Crippen LogP contribution in [0.4, 0.5) is 0 Å². The van der Waals surface area contributed by atoms with Gasteiger partial charge in [-0.25, -0.2) is 0 Å². The van der Waals surface area contributed by atoms with Crippen LogP contribution in [0.15, 0.2) is 24.1 Å². The maximum Gasteiger partial charge on any atom is 0.134 e. The smallest absolute Gasteiger partial charge is 0.134 e. The lowest BCUT2D eigenvalue weighted by Gasteiger charge is -2.17. The van der Waals surface area contributed by atoms with Gasteiger partial charge in [0.05, 0.1) is 12.0 Å². The Kier molecular flexibility index (Phi) is 6.19. The molecule has 1 aromatic heterocycles. The molecule has 1 N–H and O–H groups in total. The molecule has 0 aliphatic carbocycles. The van der Waals surface area contributed by atoms with Crippen molar-refractivity contribution in [2.45, 2.75) is 32.2 Å². The normalized spacial score (nSPS) is 12.4. The van der Waals surface area contributed by atoms with Gasteiger partial charge in [0.15, 0.2) is 0 Å². The first kappa shape index (κ1) is 13.3. The number of allylic oxidation sites excluding steroid dienone is 1. The second kappa shape index (κ2) is 7.47. The minimum atomic E-state index is 0.417. The summed E-state index contributed by atoms with van der Waals surface area (Å²) in [4.78, 5) is 1.31. The molecule has 0 aliphatic heterocycles. The van der Waals surface area contributed by atoms with Crippen LogP contribution in [0, 0.1) is 0 Å². The molecule has 0 bridgehead atoms. The van der Waals surface area contributed by atoms with Crippen LogP contribution in [-0.4, -0.2) is 13.7 Å². The zero-order valence-electron chi connectivity index (χ0n) is 10.2. The molecule has 1 rings (SSSR count). The molecule has 0 fully saturated rings. The summed E-state index contributed by atoms with van der Waals surface area (Å²) in [6, 6.07) is 2.46. The fourth-order valence-electron chi connectivity index (χ4n) is 1.77. The molecule has 16 heavy (non-hydrogen) atoms. The largest absolute Gasteiger partial charge is 0.496 e. The van der Waals surface area contributed by atoms with E-state index < -0.39 is 0 Å². The van der Waals surface area contributed by atoms with Crippen LogP contribution in [0.3, 0.4) is 0 Å². The molecule has 3 heteroatoms. The third kappa shape index (κ3) is 3.65. The predicted molar refractivity (Wildman–Crippen MR) is 71.3 cm³/mol. The number of methoxy groups -OCH3 is 1. The molecule has 90 valence electrons. The van der Waals surface area contributed by atoms with Gasteiger partial charge in [0, 0.05) is 6.04 Å². The predicted octanol–water partition coefficient (Wildman–Crippen LogP) is 3.76. The fraction of sp³-hybridized carbons (Fsp3) is 0.538. The summed E-state index contributed by atoms with van der Waals surface area (Å²) in [6.07, 6.45) is 5.36. The lowest BCUT2D eigenvalue weighted by Crippen LogP contribution is -2.20. The van der Waals surface area contributed by atoms with E-state index >= 15 is 0 Å². The molecule has 0 radical (unpaired) electrons. The summed E-state index contributed by atoms with van der Waals surface area (Å²) >= 11 is 1.77. The molecule has 0 amide bonds. The Hall–Kier alpha value is -0.800. The second-order valence-electron chi connectivity index (χ2n) is 3.68. The van der Waals surface area contributed by atoms with Gasteiger partial charge in [-0.1, -0.05) is 13.0 Å². The average Bonchev–Trinajstić information content (AvgIpc) is 2.76. The van der Waals surface area contributed by atoms with Gasteiger partial charge in [0.1, 0.15) is 5.75 Å². The number of hydrogen-bond donors (Lipinski definition) is 1. The topological polar surface area (TPSA) is 21.3 Å². The van der Waals surface area contributed by atoms with Crippen molar-refractivity contribution in [3.05, 3.63) is 29.0 Å². The van der Waals surface area contributed by atoms with Crippen molar-refractivity contribution in [3.8, 4) is 5.75 Å². The molecular weight excluding hydrogens is 218 g/mol. The summed E-state index contributed by atoms with van der Waals surface area (Å²) in [7, 11) is 1.73. The second-order valence-corrected chi connectivity index (χ2v) is 4.63. The summed E-state index contributed by atoms with van der Waals surface area (Å²) in [5.41, 5.74) is 0. The van der Waals surface area contributed by atoms with E-state index in [0.717, 1.165) is 25.1 Å². The van der Waals surface area contributed by atoms with Crippen molar-refractivity contribution in [1.29, 1.82) is 0 Å². The number of unbranched alkanes of at least 4 members (excludes halogenated alkanes) is 1. The number of rotatable bonds is 8. The summed E-state index contributed by atoms with van der Waals surface area (Å²) in [5.74, 6) is 1.01. The maximum absolute atomic E-state index is 5.37. The Morgan fingerprint density at radius 2 is 2.44 bits per heavy atom. The molecule has 1 aromatic rings. The standard InChI is InChI=1S/C13H21NOS/c1-4-6-7-8-11(14-5-2)13-12(15-3)9-10-16-13/h4,9-11,14H,1,5-8H2,2-3H3. The van der Waals surface area contributed by atoms with Gasteiger partial charge < -0.3 is 10.1 Å². The Morgan fingerprint density at radius 1 is 1.62 bits per heavy atom. The summed E-state index contributed by atoms with van der Waals surface area (Å²) < 4.78 is 5.37. The van der Waals surface area contributed by atoms with Gasteiger partial charge in [0.25, 0.3) is 0 Å². The first-order chi connectivity index (χ1) is 7.83. The summed E-state index contributed by atoms with van der Waals surface area (Å²) in [6.45, 7) is 6.88. The van der Waals surface area contributed by atoms with Crippen molar-refractivity contribution < 1.29 is 4.74 Å². The van der Waals surface area contributed by atoms with Crippen LogP contribution in [0.5, 0.6) is 5.75 Å². The molecule has 1 unspecified atom stereocenters. The van der Waals surface area contributed by atoms with Gasteiger partial charge >= 0.3 is 0 Å². The molecule has 0 saturated carbocycles. The summed E-state index contributed by atoms with van der Waals surface area (Å²) in [5, 5.41) is 5.60. The van der Waals surface area contributed by atoms with Crippen molar-refractivity contribution in [2.24, 2.45) is 0 Å². The van der Waals surface area contributed by atoms with E-state index in [0.29, 0.717) is 6.04 Å². The van der Waals surface area contributed by atoms with Crippen molar-refractivity contribution >= 4 is 11.3 Å². The van der Waals surface area contributed by atoms with Crippen molar-refractivity contribution in [1.82, 2.24) is 5.32 Å². The highest BCUT2D eigenvalue weighted by molar-refractivity contribution is 7.10. The minimum Gasteiger partial charge on any atom is -0.496 e. The molecule has 1 atom stereocenters. The quantitative estimate of drug-likeness (QED) is 0.551.